The van der Waals surface area contributed by atoms with E-state index in [1.54, 1.807) is 0 Å². The van der Waals surface area contributed by atoms with E-state index in [0.29, 0.717) is 0 Å². The number of hydrogen-bond donors (Lipinski definition) is 0. The summed E-state index contributed by atoms with van der Waals surface area (Å²) < 4.78 is 12.3. The maximum atomic E-state index is 6.15. The van der Waals surface area contributed by atoms with Crippen molar-refractivity contribution in [2.45, 2.75) is 5.41 Å². The van der Waals surface area contributed by atoms with Crippen LogP contribution in [0.4, 0.5) is 17.1 Å². The van der Waals surface area contributed by atoms with Crippen molar-refractivity contribution >= 4 is 60.9 Å². The second-order valence-electron chi connectivity index (χ2n) is 18.0. The predicted molar refractivity (Wildman–Crippen MR) is 290 cm³/mol. The Hall–Kier alpha value is -9.18. The van der Waals surface area contributed by atoms with Crippen molar-refractivity contribution < 1.29 is 8.83 Å². The van der Waals surface area contributed by atoms with Crippen LogP contribution < -0.4 is 4.90 Å². The average molecular weight is 896 g/mol. The first-order chi connectivity index (χ1) is 34.7. The molecule has 0 aliphatic rings. The number of anilines is 3. The van der Waals surface area contributed by atoms with Crippen LogP contribution in [-0.2, 0) is 5.41 Å². The molecule has 0 aliphatic heterocycles. The fraction of sp³-hybridized carbons (Fsp3) is 0.0149. The van der Waals surface area contributed by atoms with Gasteiger partial charge in [-0.2, -0.15) is 0 Å². The van der Waals surface area contributed by atoms with E-state index in [0.717, 1.165) is 94.3 Å². The number of nitrogens with zero attached hydrogens (tertiary/aromatic N) is 1. The molecule has 2 heterocycles. The lowest BCUT2D eigenvalue weighted by atomic mass is 9.65. The van der Waals surface area contributed by atoms with E-state index in [9.17, 15) is 0 Å². The monoisotopic (exact) mass is 895 g/mol. The van der Waals surface area contributed by atoms with Crippen LogP contribution in [0.1, 0.15) is 22.3 Å². The minimum atomic E-state index is -0.501. The Labute approximate surface area is 406 Å². The molecule has 13 aromatic rings. The molecule has 13 rings (SSSR count). The van der Waals surface area contributed by atoms with E-state index in [2.05, 4.69) is 254 Å². The van der Waals surface area contributed by atoms with E-state index in [4.69, 9.17) is 8.83 Å². The van der Waals surface area contributed by atoms with Gasteiger partial charge in [-0.1, -0.05) is 200 Å². The molecule has 0 saturated carbocycles. The van der Waals surface area contributed by atoms with Gasteiger partial charge in [0.15, 0.2) is 0 Å². The van der Waals surface area contributed by atoms with Crippen molar-refractivity contribution in [2.24, 2.45) is 0 Å². The van der Waals surface area contributed by atoms with E-state index >= 15 is 0 Å². The van der Waals surface area contributed by atoms with Crippen LogP contribution in [0, 0.1) is 0 Å². The van der Waals surface area contributed by atoms with Crippen molar-refractivity contribution in [2.75, 3.05) is 4.90 Å². The molecule has 70 heavy (non-hydrogen) atoms. The zero-order valence-corrected chi connectivity index (χ0v) is 38.2. The van der Waals surface area contributed by atoms with Gasteiger partial charge in [-0.3, -0.25) is 0 Å². The highest BCUT2D eigenvalue weighted by Gasteiger charge is 2.38. The fourth-order valence-corrected chi connectivity index (χ4v) is 10.6. The molecule has 0 radical (unpaired) electrons. The summed E-state index contributed by atoms with van der Waals surface area (Å²) in [5.74, 6) is 0. The van der Waals surface area contributed by atoms with E-state index in [-0.39, 0.29) is 0 Å². The third-order valence-corrected chi connectivity index (χ3v) is 14.1. The molecule has 0 N–H and O–H groups in total. The Kier molecular flexibility index (Phi) is 10.1. The van der Waals surface area contributed by atoms with Crippen LogP contribution in [0.5, 0.6) is 0 Å². The predicted octanol–water partition coefficient (Wildman–Crippen LogP) is 18.3. The summed E-state index contributed by atoms with van der Waals surface area (Å²) in [7, 11) is 0. The number of para-hydroxylation sites is 2. The summed E-state index contributed by atoms with van der Waals surface area (Å²) in [6, 6.07) is 98.0. The lowest BCUT2D eigenvalue weighted by Crippen LogP contribution is -2.30. The average Bonchev–Trinajstić information content (AvgIpc) is 4.01. The minimum Gasteiger partial charge on any atom is -0.456 e. The summed E-state index contributed by atoms with van der Waals surface area (Å²) in [5.41, 5.74) is 18.1. The first-order valence-electron chi connectivity index (χ1n) is 23.9. The van der Waals surface area contributed by atoms with Gasteiger partial charge >= 0.3 is 0 Å². The number of benzene rings is 11. The van der Waals surface area contributed by atoms with Crippen LogP contribution in [0.25, 0.3) is 77.3 Å². The molecule has 0 amide bonds. The summed E-state index contributed by atoms with van der Waals surface area (Å²) >= 11 is 0. The number of rotatable bonds is 10. The van der Waals surface area contributed by atoms with Crippen LogP contribution in [-0.4, -0.2) is 0 Å². The zero-order valence-electron chi connectivity index (χ0n) is 38.2. The lowest BCUT2D eigenvalue weighted by Gasteiger charge is -2.37. The van der Waals surface area contributed by atoms with Gasteiger partial charge in [0.05, 0.1) is 5.41 Å². The van der Waals surface area contributed by atoms with Crippen molar-refractivity contribution in [1.82, 2.24) is 0 Å². The van der Waals surface area contributed by atoms with Gasteiger partial charge in [0.2, 0.25) is 0 Å². The molecule has 2 aromatic heterocycles. The lowest BCUT2D eigenvalue weighted by molar-refractivity contribution is 0.668. The Bertz CT molecular complexity index is 3690. The van der Waals surface area contributed by atoms with Crippen LogP contribution in [0.15, 0.2) is 282 Å². The van der Waals surface area contributed by atoms with E-state index in [1.165, 1.54) is 22.3 Å². The third kappa shape index (κ3) is 7.07. The van der Waals surface area contributed by atoms with E-state index < -0.39 is 5.41 Å². The SMILES string of the molecule is c1ccc(C(c2ccccc2)(c2ccccc2)c2ccc(-c3ccc(N(c4ccc(-c5ccc6oc7ccccc7c6c5)cc4)c4ccc(-c5ccc6oc7ccccc7c6c5)cc4)cc3)cc2)cc1. The molecule has 0 fully saturated rings. The zero-order chi connectivity index (χ0) is 46.4. The Morgan fingerprint density at radius 2 is 0.514 bits per heavy atom. The largest absolute Gasteiger partial charge is 0.456 e. The Balaban J connectivity index is 0.865. The Morgan fingerprint density at radius 3 is 0.900 bits per heavy atom. The summed E-state index contributed by atoms with van der Waals surface area (Å²) in [4.78, 5) is 2.34. The molecule has 0 bridgehead atoms. The molecule has 330 valence electrons. The molecule has 11 aromatic carbocycles. The fourth-order valence-electron chi connectivity index (χ4n) is 10.6. The highest BCUT2D eigenvalue weighted by molar-refractivity contribution is 6.07. The first kappa shape index (κ1) is 41.0. The maximum Gasteiger partial charge on any atom is 0.135 e. The number of furan rings is 2. The van der Waals surface area contributed by atoms with Crippen LogP contribution in [0.3, 0.4) is 0 Å². The van der Waals surface area contributed by atoms with Crippen molar-refractivity contribution in [3.63, 3.8) is 0 Å². The highest BCUT2D eigenvalue weighted by Crippen LogP contribution is 2.46. The van der Waals surface area contributed by atoms with Gasteiger partial charge in [-0.25, -0.2) is 0 Å². The van der Waals surface area contributed by atoms with Crippen molar-refractivity contribution in [1.29, 1.82) is 0 Å². The molecule has 0 spiro atoms. The molecule has 0 saturated heterocycles. The summed E-state index contributed by atoms with van der Waals surface area (Å²) in [6.45, 7) is 0. The van der Waals surface area contributed by atoms with Gasteiger partial charge in [-0.05, 0) is 128 Å². The maximum absolute atomic E-state index is 6.15. The Morgan fingerprint density at radius 1 is 0.229 bits per heavy atom. The molecule has 3 nitrogen and oxygen atoms in total. The van der Waals surface area contributed by atoms with Crippen LogP contribution in [0.2, 0.25) is 0 Å². The standard InChI is InChI=1S/C67H45NO2/c1-4-14-52(15-5-1)67(53-16-6-2-7-17-53,54-18-8-3-9-19-54)55-34-24-46(25-35-55)47-26-36-56(37-27-47)68(57-38-28-48(29-39-57)50-32-42-65-61(44-50)59-20-10-12-22-63(59)69-65)58-40-30-49(31-41-58)51-33-43-66-62(45-51)60-21-11-13-23-64(60)70-66/h1-45H. The van der Waals surface area contributed by atoms with Crippen molar-refractivity contribution in [3.05, 3.63) is 295 Å². The summed E-state index contributed by atoms with van der Waals surface area (Å²) in [5, 5.41) is 4.50. The molecule has 0 aliphatic carbocycles. The quantitative estimate of drug-likeness (QED) is 0.128. The smallest absolute Gasteiger partial charge is 0.135 e. The molecule has 0 unspecified atom stereocenters. The van der Waals surface area contributed by atoms with E-state index in [1.807, 2.05) is 24.3 Å². The molecule has 0 atom stereocenters. The second kappa shape index (κ2) is 17.2. The number of hydrogen-bond acceptors (Lipinski definition) is 3. The van der Waals surface area contributed by atoms with Gasteiger partial charge in [0.1, 0.15) is 22.3 Å². The van der Waals surface area contributed by atoms with Gasteiger partial charge < -0.3 is 13.7 Å². The number of fused-ring (bicyclic) bond motifs is 6. The topological polar surface area (TPSA) is 29.5 Å². The molecular weight excluding hydrogens is 851 g/mol. The molecular formula is C67H45NO2. The van der Waals surface area contributed by atoms with Gasteiger partial charge in [-0.15, -0.1) is 0 Å². The first-order valence-corrected chi connectivity index (χ1v) is 23.9. The van der Waals surface area contributed by atoms with Gasteiger partial charge in [0.25, 0.3) is 0 Å². The highest BCUT2D eigenvalue weighted by atomic mass is 16.3. The van der Waals surface area contributed by atoms with Gasteiger partial charge in [0, 0.05) is 38.6 Å². The van der Waals surface area contributed by atoms with Crippen molar-refractivity contribution in [3.8, 4) is 33.4 Å². The minimum absolute atomic E-state index is 0.501. The third-order valence-electron chi connectivity index (χ3n) is 14.1. The normalized spacial score (nSPS) is 11.7. The molecule has 3 heteroatoms. The second-order valence-corrected chi connectivity index (χ2v) is 18.0. The van der Waals surface area contributed by atoms with Crippen LogP contribution >= 0.6 is 0 Å². The summed E-state index contributed by atoms with van der Waals surface area (Å²) in [6.07, 6.45) is 0.